The number of aromatic nitrogens is 2. The Hall–Kier alpha value is -1.52. The van der Waals surface area contributed by atoms with Crippen LogP contribution < -0.4 is 5.32 Å². The molecule has 122 valence electrons. The highest BCUT2D eigenvalue weighted by molar-refractivity contribution is 5.75. The minimum absolute atomic E-state index is 0.105. The van der Waals surface area contributed by atoms with Crippen LogP contribution in [0.3, 0.4) is 0 Å². The number of hydrogen-bond donors (Lipinski definition) is 1. The summed E-state index contributed by atoms with van der Waals surface area (Å²) in [5, 5.41) is 7.42. The molecule has 2 aliphatic rings. The van der Waals surface area contributed by atoms with E-state index in [0.717, 1.165) is 24.9 Å². The lowest BCUT2D eigenvalue weighted by Gasteiger charge is -2.42. The second-order valence-corrected chi connectivity index (χ2v) is 7.14. The minimum Gasteiger partial charge on any atom is -0.337 e. The van der Waals surface area contributed by atoms with Gasteiger partial charge in [0.1, 0.15) is 0 Å². The molecule has 1 N–H and O–H groups in total. The van der Waals surface area contributed by atoms with Gasteiger partial charge in [-0.15, -0.1) is 0 Å². The lowest BCUT2D eigenvalue weighted by atomic mass is 9.66. The largest absolute Gasteiger partial charge is 0.337 e. The normalized spacial score (nSPS) is 19.5. The molecule has 3 rings (SSSR count). The van der Waals surface area contributed by atoms with Crippen molar-refractivity contribution in [2.24, 2.45) is 12.5 Å². The number of nitrogens with zero attached hydrogens (tertiary/aromatic N) is 3. The molecule has 22 heavy (non-hydrogen) atoms. The summed E-state index contributed by atoms with van der Waals surface area (Å²) in [5.74, 6) is 0. The topological polar surface area (TPSA) is 50.2 Å². The van der Waals surface area contributed by atoms with Crippen LogP contribution in [-0.4, -0.2) is 33.3 Å². The van der Waals surface area contributed by atoms with Crippen molar-refractivity contribution in [2.75, 3.05) is 6.54 Å². The Balaban J connectivity index is 1.56. The summed E-state index contributed by atoms with van der Waals surface area (Å²) in [7, 11) is 1.91. The molecule has 0 unspecified atom stereocenters. The van der Waals surface area contributed by atoms with E-state index < -0.39 is 0 Å². The summed E-state index contributed by atoms with van der Waals surface area (Å²) in [4.78, 5) is 14.6. The first kappa shape index (κ1) is 15.4. The number of carbonyl (C=O) groups excluding carboxylic acids is 1. The zero-order chi connectivity index (χ0) is 15.6. The summed E-state index contributed by atoms with van der Waals surface area (Å²) < 4.78 is 1.79. The molecule has 0 atom stereocenters. The van der Waals surface area contributed by atoms with Crippen molar-refractivity contribution in [3.63, 3.8) is 0 Å². The second kappa shape index (κ2) is 6.31. The Labute approximate surface area is 133 Å². The van der Waals surface area contributed by atoms with E-state index in [1.807, 2.05) is 24.3 Å². The van der Waals surface area contributed by atoms with E-state index in [0.29, 0.717) is 18.0 Å². The predicted octanol–water partition coefficient (Wildman–Crippen LogP) is 3.06. The quantitative estimate of drug-likeness (QED) is 0.841. The van der Waals surface area contributed by atoms with E-state index >= 15 is 0 Å². The fourth-order valence-corrected chi connectivity index (χ4v) is 3.59. The lowest BCUT2D eigenvalue weighted by Crippen LogP contribution is -2.47. The Morgan fingerprint density at radius 2 is 2.27 bits per heavy atom. The molecule has 0 radical (unpaired) electrons. The molecule has 1 aromatic heterocycles. The van der Waals surface area contributed by atoms with Gasteiger partial charge in [0.15, 0.2) is 0 Å². The van der Waals surface area contributed by atoms with E-state index in [4.69, 9.17) is 0 Å². The maximum atomic E-state index is 12.6. The number of carbonyl (C=O) groups is 1. The SMILES string of the molecule is CCCC1(CNC(=O)N(Cc2cnn(C)c2)C2CC2)CCC1. The molecule has 2 amide bonds. The van der Waals surface area contributed by atoms with Crippen molar-refractivity contribution in [1.29, 1.82) is 0 Å². The van der Waals surface area contributed by atoms with Crippen molar-refractivity contribution < 1.29 is 4.79 Å². The number of hydrogen-bond acceptors (Lipinski definition) is 2. The first-order chi connectivity index (χ1) is 10.6. The van der Waals surface area contributed by atoms with Gasteiger partial charge in [-0.3, -0.25) is 4.68 Å². The third kappa shape index (κ3) is 3.45. The van der Waals surface area contributed by atoms with E-state index in [1.54, 1.807) is 4.68 Å². The Kier molecular flexibility index (Phi) is 4.41. The van der Waals surface area contributed by atoms with Crippen molar-refractivity contribution >= 4 is 6.03 Å². The second-order valence-electron chi connectivity index (χ2n) is 7.14. The number of nitrogens with one attached hydrogen (secondary N) is 1. The Morgan fingerprint density at radius 3 is 2.77 bits per heavy atom. The van der Waals surface area contributed by atoms with Crippen molar-refractivity contribution in [1.82, 2.24) is 20.0 Å². The zero-order valence-electron chi connectivity index (χ0n) is 13.8. The van der Waals surface area contributed by atoms with Gasteiger partial charge in [0.25, 0.3) is 0 Å². The van der Waals surface area contributed by atoms with Crippen LogP contribution in [0.2, 0.25) is 0 Å². The van der Waals surface area contributed by atoms with Gasteiger partial charge in [-0.2, -0.15) is 5.10 Å². The minimum atomic E-state index is 0.105. The van der Waals surface area contributed by atoms with E-state index in [1.165, 1.54) is 32.1 Å². The number of urea groups is 1. The molecular formula is C17H28N4O. The van der Waals surface area contributed by atoms with Crippen LogP contribution in [0.4, 0.5) is 4.79 Å². The maximum absolute atomic E-state index is 12.6. The van der Waals surface area contributed by atoms with Gasteiger partial charge >= 0.3 is 6.03 Å². The molecule has 0 saturated heterocycles. The fourth-order valence-electron chi connectivity index (χ4n) is 3.59. The fraction of sp³-hybridized carbons (Fsp3) is 0.765. The van der Waals surface area contributed by atoms with Crippen molar-refractivity contribution in [3.05, 3.63) is 18.0 Å². The predicted molar refractivity (Wildman–Crippen MR) is 86.4 cm³/mol. The Morgan fingerprint density at radius 1 is 1.50 bits per heavy atom. The van der Waals surface area contributed by atoms with E-state index in [-0.39, 0.29) is 6.03 Å². The molecule has 5 nitrogen and oxygen atoms in total. The highest BCUT2D eigenvalue weighted by Gasteiger charge is 2.38. The highest BCUT2D eigenvalue weighted by atomic mass is 16.2. The van der Waals surface area contributed by atoms with Crippen LogP contribution in [0.1, 0.15) is 57.4 Å². The van der Waals surface area contributed by atoms with Gasteiger partial charge in [-0.25, -0.2) is 4.79 Å². The number of rotatable bonds is 7. The van der Waals surface area contributed by atoms with Gasteiger partial charge in [0.2, 0.25) is 0 Å². The van der Waals surface area contributed by atoms with Crippen LogP contribution in [-0.2, 0) is 13.6 Å². The molecular weight excluding hydrogens is 276 g/mol. The summed E-state index contributed by atoms with van der Waals surface area (Å²) in [6, 6.07) is 0.525. The molecule has 2 saturated carbocycles. The number of amides is 2. The van der Waals surface area contributed by atoms with Crippen molar-refractivity contribution in [2.45, 2.75) is 64.5 Å². The van der Waals surface area contributed by atoms with Gasteiger partial charge in [0.05, 0.1) is 12.7 Å². The average molecular weight is 304 g/mol. The van der Waals surface area contributed by atoms with Crippen LogP contribution in [0.25, 0.3) is 0 Å². The van der Waals surface area contributed by atoms with Crippen LogP contribution in [0.5, 0.6) is 0 Å². The van der Waals surface area contributed by atoms with Gasteiger partial charge in [-0.1, -0.05) is 19.8 Å². The smallest absolute Gasteiger partial charge is 0.317 e. The summed E-state index contributed by atoms with van der Waals surface area (Å²) in [6.07, 6.45) is 12.4. The van der Waals surface area contributed by atoms with Gasteiger partial charge in [-0.05, 0) is 37.5 Å². The molecule has 0 aromatic carbocycles. The third-order valence-corrected chi connectivity index (χ3v) is 5.17. The highest BCUT2D eigenvalue weighted by Crippen LogP contribution is 2.44. The summed E-state index contributed by atoms with van der Waals surface area (Å²) >= 11 is 0. The molecule has 0 spiro atoms. The van der Waals surface area contributed by atoms with Gasteiger partial charge < -0.3 is 10.2 Å². The zero-order valence-corrected chi connectivity index (χ0v) is 13.8. The molecule has 2 fully saturated rings. The first-order valence-electron chi connectivity index (χ1n) is 8.64. The lowest BCUT2D eigenvalue weighted by molar-refractivity contribution is 0.112. The molecule has 5 heteroatoms. The molecule has 2 aliphatic carbocycles. The van der Waals surface area contributed by atoms with E-state index in [2.05, 4.69) is 17.3 Å². The van der Waals surface area contributed by atoms with Gasteiger partial charge in [0, 0.05) is 31.4 Å². The molecule has 1 heterocycles. The van der Waals surface area contributed by atoms with Crippen molar-refractivity contribution in [3.8, 4) is 0 Å². The standard InChI is InChI=1S/C17H28N4O/c1-3-7-17(8-4-9-17)13-18-16(22)21(15-5-6-15)12-14-10-19-20(2)11-14/h10-11,15H,3-9,12-13H2,1-2H3,(H,18,22). The maximum Gasteiger partial charge on any atom is 0.317 e. The first-order valence-corrected chi connectivity index (χ1v) is 8.64. The summed E-state index contributed by atoms with van der Waals surface area (Å²) in [6.45, 7) is 3.75. The van der Waals surface area contributed by atoms with Crippen LogP contribution >= 0.6 is 0 Å². The molecule has 0 aliphatic heterocycles. The third-order valence-electron chi connectivity index (χ3n) is 5.17. The van der Waals surface area contributed by atoms with E-state index in [9.17, 15) is 4.79 Å². The Bertz CT molecular complexity index is 516. The molecule has 1 aromatic rings. The van der Waals surface area contributed by atoms with Crippen LogP contribution in [0, 0.1) is 5.41 Å². The summed E-state index contributed by atoms with van der Waals surface area (Å²) in [5.41, 5.74) is 1.49. The number of aryl methyl sites for hydroxylation is 1. The molecule has 0 bridgehead atoms. The van der Waals surface area contributed by atoms with Crippen LogP contribution in [0.15, 0.2) is 12.4 Å². The average Bonchev–Trinajstić information content (AvgIpc) is 3.21. The monoisotopic (exact) mass is 304 g/mol.